The van der Waals surface area contributed by atoms with Crippen molar-refractivity contribution in [1.29, 1.82) is 0 Å². The molecule has 1 heterocycles. The number of benzene rings is 2. The Morgan fingerprint density at radius 2 is 1.84 bits per heavy atom. The first-order valence-corrected chi connectivity index (χ1v) is 9.39. The highest BCUT2D eigenvalue weighted by atomic mass is 35.5. The van der Waals surface area contributed by atoms with Crippen LogP contribution in [0.25, 0.3) is 11.0 Å². The highest BCUT2D eigenvalue weighted by Gasteiger charge is 2.52. The smallest absolute Gasteiger partial charge is 0.156 e. The first kappa shape index (κ1) is 16.7. The number of para-hydroxylation sites is 3. The third-order valence-corrected chi connectivity index (χ3v) is 5.65. The number of halogens is 2. The largest absolute Gasteiger partial charge is 0.483 e. The summed E-state index contributed by atoms with van der Waals surface area (Å²) in [5.41, 5.74) is 2.08. The maximum absolute atomic E-state index is 6.27. The standard InChI is InChI=1S/C20H20Cl2N2O/c1-2-18(25-15-8-4-3-5-9-15)19-23-16-10-6-7-11-17(16)24(19)13-14-12-20(14,21)22/h3-11,14,18H,2,12-13H2,1H3. The van der Waals surface area contributed by atoms with Crippen LogP contribution in [-0.4, -0.2) is 13.9 Å². The number of alkyl halides is 2. The number of aromatic nitrogens is 2. The average Bonchev–Trinajstić information content (AvgIpc) is 3.07. The zero-order valence-electron chi connectivity index (χ0n) is 14.0. The molecule has 0 saturated heterocycles. The molecule has 0 bridgehead atoms. The number of imidazole rings is 1. The Morgan fingerprint density at radius 3 is 2.52 bits per heavy atom. The number of fused-ring (bicyclic) bond motifs is 1. The molecule has 25 heavy (non-hydrogen) atoms. The van der Waals surface area contributed by atoms with Gasteiger partial charge in [0.2, 0.25) is 0 Å². The zero-order valence-corrected chi connectivity index (χ0v) is 15.5. The van der Waals surface area contributed by atoms with Gasteiger partial charge in [-0.3, -0.25) is 0 Å². The monoisotopic (exact) mass is 374 g/mol. The Hall–Kier alpha value is -1.71. The van der Waals surface area contributed by atoms with E-state index in [0.29, 0.717) is 0 Å². The number of hydrogen-bond donors (Lipinski definition) is 0. The van der Waals surface area contributed by atoms with Gasteiger partial charge in [-0.05, 0) is 37.1 Å². The lowest BCUT2D eigenvalue weighted by Crippen LogP contribution is -2.16. The molecule has 2 unspecified atom stereocenters. The van der Waals surface area contributed by atoms with Gasteiger partial charge in [-0.15, -0.1) is 23.2 Å². The lowest BCUT2D eigenvalue weighted by atomic mass is 10.2. The first-order valence-electron chi connectivity index (χ1n) is 8.63. The number of ether oxygens (including phenoxy) is 1. The first-order chi connectivity index (χ1) is 12.1. The van der Waals surface area contributed by atoms with Crippen molar-refractivity contribution in [2.75, 3.05) is 0 Å². The maximum Gasteiger partial charge on any atom is 0.156 e. The van der Waals surface area contributed by atoms with Crippen LogP contribution in [0.2, 0.25) is 0 Å². The number of rotatable bonds is 6. The minimum absolute atomic E-state index is 0.117. The Bertz CT molecular complexity index is 876. The van der Waals surface area contributed by atoms with Crippen molar-refractivity contribution in [2.45, 2.75) is 36.7 Å². The normalized spacial score (nSPS) is 19.7. The molecule has 1 aliphatic rings. The van der Waals surface area contributed by atoms with E-state index in [4.69, 9.17) is 32.9 Å². The molecule has 1 aliphatic carbocycles. The van der Waals surface area contributed by atoms with E-state index < -0.39 is 4.33 Å². The summed E-state index contributed by atoms with van der Waals surface area (Å²) in [5.74, 6) is 2.04. The summed E-state index contributed by atoms with van der Waals surface area (Å²) in [5, 5.41) is 0. The summed E-state index contributed by atoms with van der Waals surface area (Å²) in [7, 11) is 0. The highest BCUT2D eigenvalue weighted by Crippen LogP contribution is 2.54. The van der Waals surface area contributed by atoms with Crippen LogP contribution in [-0.2, 0) is 6.54 Å². The second-order valence-electron chi connectivity index (χ2n) is 6.56. The molecule has 2 aromatic carbocycles. The van der Waals surface area contributed by atoms with Crippen molar-refractivity contribution in [3.63, 3.8) is 0 Å². The van der Waals surface area contributed by atoms with Crippen molar-refractivity contribution < 1.29 is 4.74 Å². The molecule has 0 N–H and O–H groups in total. The number of hydrogen-bond acceptors (Lipinski definition) is 2. The third-order valence-electron chi connectivity index (χ3n) is 4.72. The Labute approximate surface area is 157 Å². The molecular weight excluding hydrogens is 355 g/mol. The molecule has 0 aliphatic heterocycles. The van der Waals surface area contributed by atoms with Crippen molar-refractivity contribution in [1.82, 2.24) is 9.55 Å². The van der Waals surface area contributed by atoms with Gasteiger partial charge in [0.05, 0.1) is 11.0 Å². The van der Waals surface area contributed by atoms with Gasteiger partial charge in [0.25, 0.3) is 0 Å². The topological polar surface area (TPSA) is 27.1 Å². The van der Waals surface area contributed by atoms with Gasteiger partial charge in [0.1, 0.15) is 10.1 Å². The molecule has 4 rings (SSSR count). The fraction of sp³-hybridized carbons (Fsp3) is 0.350. The van der Waals surface area contributed by atoms with E-state index in [1.165, 1.54) is 0 Å². The quantitative estimate of drug-likeness (QED) is 0.512. The summed E-state index contributed by atoms with van der Waals surface area (Å²) in [6.07, 6.45) is 1.53. The van der Waals surface area contributed by atoms with Crippen LogP contribution in [0.4, 0.5) is 0 Å². The molecule has 1 saturated carbocycles. The van der Waals surface area contributed by atoms with Crippen molar-refractivity contribution in [3.05, 3.63) is 60.4 Å². The van der Waals surface area contributed by atoms with Crippen molar-refractivity contribution in [2.24, 2.45) is 5.92 Å². The van der Waals surface area contributed by atoms with E-state index in [1.807, 2.05) is 48.5 Å². The lowest BCUT2D eigenvalue weighted by molar-refractivity contribution is 0.186. The third kappa shape index (κ3) is 3.36. The Kier molecular flexibility index (Phi) is 4.38. The van der Waals surface area contributed by atoms with Crippen LogP contribution in [0.5, 0.6) is 5.75 Å². The van der Waals surface area contributed by atoms with Crippen LogP contribution in [0.15, 0.2) is 54.6 Å². The van der Waals surface area contributed by atoms with Crippen LogP contribution in [0.1, 0.15) is 31.7 Å². The van der Waals surface area contributed by atoms with Gasteiger partial charge in [0, 0.05) is 12.5 Å². The fourth-order valence-electron chi connectivity index (χ4n) is 3.20. The van der Waals surface area contributed by atoms with Gasteiger partial charge in [-0.2, -0.15) is 0 Å². The summed E-state index contributed by atoms with van der Waals surface area (Å²) < 4.78 is 7.84. The van der Waals surface area contributed by atoms with Gasteiger partial charge in [0.15, 0.2) is 11.9 Å². The van der Waals surface area contributed by atoms with E-state index in [9.17, 15) is 0 Å². The minimum Gasteiger partial charge on any atom is -0.483 e. The minimum atomic E-state index is -0.607. The van der Waals surface area contributed by atoms with Crippen LogP contribution >= 0.6 is 23.2 Å². The van der Waals surface area contributed by atoms with Crippen LogP contribution < -0.4 is 4.74 Å². The molecule has 1 fully saturated rings. The summed E-state index contributed by atoms with van der Waals surface area (Å²) >= 11 is 12.5. The van der Waals surface area contributed by atoms with E-state index >= 15 is 0 Å². The molecule has 0 spiro atoms. The van der Waals surface area contributed by atoms with Crippen LogP contribution in [0, 0.1) is 5.92 Å². The molecule has 3 nitrogen and oxygen atoms in total. The molecule has 1 aromatic heterocycles. The average molecular weight is 375 g/mol. The van der Waals surface area contributed by atoms with Gasteiger partial charge in [-0.1, -0.05) is 37.3 Å². The predicted octanol–water partition coefficient (Wildman–Crippen LogP) is 5.76. The van der Waals surface area contributed by atoms with Crippen molar-refractivity contribution >= 4 is 34.2 Å². The summed E-state index contributed by atoms with van der Waals surface area (Å²) in [6, 6.07) is 18.0. The van der Waals surface area contributed by atoms with Gasteiger partial charge in [-0.25, -0.2) is 4.98 Å². The second-order valence-corrected chi connectivity index (χ2v) is 8.10. The fourth-order valence-corrected chi connectivity index (χ4v) is 3.71. The number of nitrogens with zero attached hydrogens (tertiary/aromatic N) is 2. The zero-order chi connectivity index (χ0) is 17.4. The molecular formula is C20H20Cl2N2O. The Morgan fingerprint density at radius 1 is 1.16 bits per heavy atom. The molecule has 130 valence electrons. The SMILES string of the molecule is CCC(Oc1ccccc1)c1nc2ccccc2n1CC1CC1(Cl)Cl. The van der Waals surface area contributed by atoms with E-state index in [0.717, 1.165) is 42.0 Å². The highest BCUT2D eigenvalue weighted by molar-refractivity contribution is 6.50. The Balaban J connectivity index is 1.71. The molecule has 0 amide bonds. The summed E-state index contributed by atoms with van der Waals surface area (Å²) in [4.78, 5) is 4.86. The van der Waals surface area contributed by atoms with Crippen LogP contribution in [0.3, 0.4) is 0 Å². The molecule has 5 heteroatoms. The predicted molar refractivity (Wildman–Crippen MR) is 102 cm³/mol. The second kappa shape index (κ2) is 6.54. The van der Waals surface area contributed by atoms with E-state index in [-0.39, 0.29) is 12.0 Å². The van der Waals surface area contributed by atoms with E-state index in [1.54, 1.807) is 0 Å². The molecule has 2 atom stereocenters. The van der Waals surface area contributed by atoms with Gasteiger partial charge >= 0.3 is 0 Å². The van der Waals surface area contributed by atoms with Gasteiger partial charge < -0.3 is 9.30 Å². The van der Waals surface area contributed by atoms with Crippen molar-refractivity contribution in [3.8, 4) is 5.75 Å². The lowest BCUT2D eigenvalue weighted by Gasteiger charge is -2.19. The molecule has 0 radical (unpaired) electrons. The summed E-state index contributed by atoms with van der Waals surface area (Å²) in [6.45, 7) is 2.87. The molecule has 3 aromatic rings. The van der Waals surface area contributed by atoms with E-state index in [2.05, 4.69) is 17.6 Å². The maximum atomic E-state index is 6.27.